The van der Waals surface area contributed by atoms with Crippen molar-refractivity contribution in [3.63, 3.8) is 0 Å². The minimum absolute atomic E-state index is 0.312. The summed E-state index contributed by atoms with van der Waals surface area (Å²) in [5.74, 6) is 0.714. The van der Waals surface area contributed by atoms with Crippen LogP contribution in [0.3, 0.4) is 0 Å². The zero-order valence-electron chi connectivity index (χ0n) is 15.9. The van der Waals surface area contributed by atoms with Gasteiger partial charge in [-0.1, -0.05) is 37.8 Å². The molecule has 0 radical (unpaired) electrons. The van der Waals surface area contributed by atoms with Crippen LogP contribution in [0.5, 0.6) is 11.5 Å². The van der Waals surface area contributed by atoms with Gasteiger partial charge in [-0.2, -0.15) is 0 Å². The van der Waals surface area contributed by atoms with Crippen LogP contribution in [0.15, 0.2) is 36.4 Å². The highest BCUT2D eigenvalue weighted by Crippen LogP contribution is 2.24. The Bertz CT molecular complexity index is 706. The molecule has 0 bridgehead atoms. The van der Waals surface area contributed by atoms with Crippen LogP contribution in [0.2, 0.25) is 0 Å². The molecule has 0 aromatic heterocycles. The first kappa shape index (κ1) is 20.7. The fourth-order valence-corrected chi connectivity index (χ4v) is 3.15. The standard InChI is InChI=1S/C23H28O4/c1-18-14-20(16-24)23(21(15-18)17-25)27-13-7-5-3-2-4-6-8-19-9-11-22(26)12-10-19/h9-12,14-17,26H,2-8,13H2,1H3. The lowest BCUT2D eigenvalue weighted by molar-refractivity contribution is 0.111. The van der Waals surface area contributed by atoms with Gasteiger partial charge in [0.25, 0.3) is 0 Å². The summed E-state index contributed by atoms with van der Waals surface area (Å²) >= 11 is 0. The van der Waals surface area contributed by atoms with Crippen LogP contribution in [-0.4, -0.2) is 24.3 Å². The fraction of sp³-hybridized carbons (Fsp3) is 0.391. The van der Waals surface area contributed by atoms with Gasteiger partial charge in [-0.05, 0) is 61.6 Å². The van der Waals surface area contributed by atoms with Crippen molar-refractivity contribution in [1.29, 1.82) is 0 Å². The largest absolute Gasteiger partial charge is 0.508 e. The highest BCUT2D eigenvalue weighted by molar-refractivity contribution is 5.89. The second-order valence-corrected chi connectivity index (χ2v) is 6.89. The number of ether oxygens (including phenoxy) is 1. The van der Waals surface area contributed by atoms with Crippen LogP contribution in [0.25, 0.3) is 0 Å². The van der Waals surface area contributed by atoms with Crippen LogP contribution in [-0.2, 0) is 6.42 Å². The van der Waals surface area contributed by atoms with Gasteiger partial charge in [-0.25, -0.2) is 0 Å². The molecular weight excluding hydrogens is 340 g/mol. The Kier molecular flexibility index (Phi) is 8.56. The van der Waals surface area contributed by atoms with Gasteiger partial charge in [0.2, 0.25) is 0 Å². The third kappa shape index (κ3) is 6.89. The number of hydrogen-bond donors (Lipinski definition) is 1. The monoisotopic (exact) mass is 368 g/mol. The van der Waals surface area contributed by atoms with Crippen LogP contribution in [0.1, 0.15) is 70.4 Å². The van der Waals surface area contributed by atoms with Crippen molar-refractivity contribution < 1.29 is 19.4 Å². The molecule has 0 atom stereocenters. The SMILES string of the molecule is Cc1cc(C=O)c(OCCCCCCCCc2ccc(O)cc2)c(C=O)c1. The Balaban J connectivity index is 1.60. The third-order valence-corrected chi connectivity index (χ3v) is 4.59. The average Bonchev–Trinajstić information content (AvgIpc) is 2.68. The van der Waals surface area contributed by atoms with Crippen molar-refractivity contribution >= 4 is 12.6 Å². The summed E-state index contributed by atoms with van der Waals surface area (Å²) in [5, 5.41) is 9.27. The number of hydrogen-bond acceptors (Lipinski definition) is 4. The minimum Gasteiger partial charge on any atom is -0.508 e. The van der Waals surface area contributed by atoms with Crippen molar-refractivity contribution in [3.05, 3.63) is 58.7 Å². The van der Waals surface area contributed by atoms with Crippen LogP contribution >= 0.6 is 0 Å². The van der Waals surface area contributed by atoms with E-state index in [2.05, 4.69) is 0 Å². The van der Waals surface area contributed by atoms with Crippen LogP contribution in [0, 0.1) is 6.92 Å². The van der Waals surface area contributed by atoms with Crippen LogP contribution in [0.4, 0.5) is 0 Å². The highest BCUT2D eigenvalue weighted by Gasteiger charge is 2.10. The lowest BCUT2D eigenvalue weighted by Crippen LogP contribution is -2.04. The van der Waals surface area contributed by atoms with Gasteiger partial charge >= 0.3 is 0 Å². The first-order chi connectivity index (χ1) is 13.1. The third-order valence-electron chi connectivity index (χ3n) is 4.59. The van der Waals surface area contributed by atoms with Crippen LogP contribution < -0.4 is 4.74 Å². The molecule has 0 heterocycles. The maximum atomic E-state index is 11.2. The number of aldehydes is 2. The number of unbranched alkanes of at least 4 members (excludes halogenated alkanes) is 5. The Morgan fingerprint density at radius 1 is 0.852 bits per heavy atom. The summed E-state index contributed by atoms with van der Waals surface area (Å²) < 4.78 is 5.72. The second-order valence-electron chi connectivity index (χ2n) is 6.89. The Labute approximate surface area is 161 Å². The lowest BCUT2D eigenvalue weighted by atomic mass is 10.0. The van der Waals surface area contributed by atoms with E-state index < -0.39 is 0 Å². The number of carbonyl (C=O) groups excluding carboxylic acids is 2. The molecule has 0 aliphatic rings. The van der Waals surface area contributed by atoms with Crippen molar-refractivity contribution in [3.8, 4) is 11.5 Å². The molecule has 2 rings (SSSR count). The van der Waals surface area contributed by atoms with E-state index in [-0.39, 0.29) is 0 Å². The zero-order chi connectivity index (χ0) is 19.5. The molecule has 0 saturated carbocycles. The summed E-state index contributed by atoms with van der Waals surface area (Å²) in [6, 6.07) is 10.9. The molecule has 0 fully saturated rings. The number of benzene rings is 2. The summed E-state index contributed by atoms with van der Waals surface area (Å²) in [7, 11) is 0. The van der Waals surface area contributed by atoms with E-state index in [0.29, 0.717) is 29.2 Å². The van der Waals surface area contributed by atoms with Gasteiger partial charge in [0.1, 0.15) is 11.5 Å². The zero-order valence-corrected chi connectivity index (χ0v) is 15.9. The van der Waals surface area contributed by atoms with E-state index in [1.807, 2.05) is 19.1 Å². The summed E-state index contributed by atoms with van der Waals surface area (Å²) in [6.45, 7) is 2.36. The minimum atomic E-state index is 0.312. The molecule has 0 spiro atoms. The maximum absolute atomic E-state index is 11.2. The van der Waals surface area contributed by atoms with E-state index in [0.717, 1.165) is 50.2 Å². The first-order valence-corrected chi connectivity index (χ1v) is 9.59. The molecule has 1 N–H and O–H groups in total. The van der Waals surface area contributed by atoms with Crippen molar-refractivity contribution in [1.82, 2.24) is 0 Å². The summed E-state index contributed by atoms with van der Waals surface area (Å²) in [6.07, 6.45) is 9.16. The molecular formula is C23H28O4. The number of rotatable bonds is 12. The topological polar surface area (TPSA) is 63.6 Å². The van der Waals surface area contributed by atoms with Gasteiger partial charge in [0.15, 0.2) is 12.6 Å². The van der Waals surface area contributed by atoms with Crippen molar-refractivity contribution in [2.75, 3.05) is 6.61 Å². The second kappa shape index (κ2) is 11.2. The Morgan fingerprint density at radius 2 is 1.41 bits per heavy atom. The van der Waals surface area contributed by atoms with E-state index in [9.17, 15) is 14.7 Å². The predicted octanol–water partition coefficient (Wildman–Crippen LogP) is 5.29. The normalized spacial score (nSPS) is 10.6. The molecule has 0 aliphatic carbocycles. The number of aryl methyl sites for hydroxylation is 2. The molecule has 0 aliphatic heterocycles. The summed E-state index contributed by atoms with van der Waals surface area (Å²) in [5.41, 5.74) is 3.01. The fourth-order valence-electron chi connectivity index (χ4n) is 3.15. The molecule has 2 aromatic rings. The van der Waals surface area contributed by atoms with Gasteiger partial charge in [-0.3, -0.25) is 9.59 Å². The molecule has 0 saturated heterocycles. The number of carbonyl (C=O) groups is 2. The van der Waals surface area contributed by atoms with Crippen molar-refractivity contribution in [2.45, 2.75) is 51.9 Å². The Hall–Kier alpha value is -2.62. The lowest BCUT2D eigenvalue weighted by Gasteiger charge is -2.11. The van der Waals surface area contributed by atoms with E-state index >= 15 is 0 Å². The first-order valence-electron chi connectivity index (χ1n) is 9.59. The van der Waals surface area contributed by atoms with E-state index in [4.69, 9.17) is 4.74 Å². The summed E-state index contributed by atoms with van der Waals surface area (Å²) in [4.78, 5) is 22.4. The average molecular weight is 368 g/mol. The Morgan fingerprint density at radius 3 is 2.00 bits per heavy atom. The molecule has 4 nitrogen and oxygen atoms in total. The van der Waals surface area contributed by atoms with Gasteiger partial charge < -0.3 is 9.84 Å². The van der Waals surface area contributed by atoms with Crippen molar-refractivity contribution in [2.24, 2.45) is 0 Å². The molecule has 2 aromatic carbocycles. The van der Waals surface area contributed by atoms with E-state index in [1.54, 1.807) is 24.3 Å². The molecule has 4 heteroatoms. The number of phenols is 1. The molecule has 144 valence electrons. The molecule has 0 unspecified atom stereocenters. The number of aromatic hydroxyl groups is 1. The van der Waals surface area contributed by atoms with Gasteiger partial charge in [0.05, 0.1) is 17.7 Å². The smallest absolute Gasteiger partial charge is 0.153 e. The van der Waals surface area contributed by atoms with E-state index in [1.165, 1.54) is 18.4 Å². The van der Waals surface area contributed by atoms with Gasteiger partial charge in [-0.15, -0.1) is 0 Å². The predicted molar refractivity (Wildman–Crippen MR) is 107 cm³/mol. The quantitative estimate of drug-likeness (QED) is 0.408. The maximum Gasteiger partial charge on any atom is 0.153 e. The molecule has 0 amide bonds. The number of phenolic OH excluding ortho intramolecular Hbond substituents is 1. The molecule has 27 heavy (non-hydrogen) atoms. The van der Waals surface area contributed by atoms with Gasteiger partial charge in [0, 0.05) is 0 Å². The highest BCUT2D eigenvalue weighted by atomic mass is 16.5.